The number of methoxy groups -OCH3 is 1. The first-order valence-electron chi connectivity index (χ1n) is 4.12. The smallest absolute Gasteiger partial charge is 0.414 e. The molecule has 0 saturated carbocycles. The average Bonchev–Trinajstić information content (AvgIpc) is 2.42. The van der Waals surface area contributed by atoms with Gasteiger partial charge in [0.2, 0.25) is 5.91 Å². The van der Waals surface area contributed by atoms with Crippen LogP contribution in [0.3, 0.4) is 0 Å². The second-order valence-corrected chi connectivity index (χ2v) is 3.17. The first-order chi connectivity index (χ1) is 6.49. The van der Waals surface area contributed by atoms with E-state index in [1.54, 1.807) is 6.92 Å². The van der Waals surface area contributed by atoms with E-state index in [-0.39, 0.29) is 6.42 Å². The van der Waals surface area contributed by atoms with Crippen molar-refractivity contribution in [1.29, 1.82) is 0 Å². The number of esters is 1. The minimum absolute atomic E-state index is 0.192. The number of ether oxygens (including phenoxy) is 1. The zero-order chi connectivity index (χ0) is 10.9. The Bertz CT molecular complexity index is 287. The number of imide groups is 1. The minimum Gasteiger partial charge on any atom is -0.467 e. The van der Waals surface area contributed by atoms with Gasteiger partial charge in [-0.2, -0.15) is 0 Å². The quantitative estimate of drug-likeness (QED) is 0.607. The number of carbonyl (C=O) groups excluding carboxylic acids is 2. The molecule has 0 aliphatic carbocycles. The Kier molecular flexibility index (Phi) is 2.73. The molecule has 2 amide bonds. The van der Waals surface area contributed by atoms with E-state index in [4.69, 9.17) is 5.11 Å². The van der Waals surface area contributed by atoms with Crippen LogP contribution in [0.1, 0.15) is 13.3 Å². The van der Waals surface area contributed by atoms with Gasteiger partial charge in [0, 0.05) is 5.92 Å². The maximum atomic E-state index is 11.3. The summed E-state index contributed by atoms with van der Waals surface area (Å²) in [6, 6.07) is -0.986. The van der Waals surface area contributed by atoms with Gasteiger partial charge in [0.05, 0.1) is 7.11 Å². The Labute approximate surface area is 80.4 Å². The summed E-state index contributed by atoms with van der Waals surface area (Å²) in [5, 5.41) is 8.71. The highest BCUT2D eigenvalue weighted by atomic mass is 16.5. The second-order valence-electron chi connectivity index (χ2n) is 3.17. The van der Waals surface area contributed by atoms with Crippen molar-refractivity contribution in [3.8, 4) is 0 Å². The molecule has 1 aliphatic rings. The molecule has 0 radical (unpaired) electrons. The van der Waals surface area contributed by atoms with E-state index in [0.717, 1.165) is 7.11 Å². The summed E-state index contributed by atoms with van der Waals surface area (Å²) in [4.78, 5) is 33.7. The lowest BCUT2D eigenvalue weighted by Crippen LogP contribution is -2.42. The molecule has 78 valence electrons. The van der Waals surface area contributed by atoms with Crippen molar-refractivity contribution in [2.45, 2.75) is 19.4 Å². The summed E-state index contributed by atoms with van der Waals surface area (Å²) in [6.07, 6.45) is -1.22. The van der Waals surface area contributed by atoms with Gasteiger partial charge in [0.1, 0.15) is 6.04 Å². The predicted octanol–water partition coefficient (Wildman–Crippen LogP) is 0.0744. The number of carbonyl (C=O) groups is 3. The lowest BCUT2D eigenvalue weighted by Gasteiger charge is -2.16. The van der Waals surface area contributed by atoms with Crippen LogP contribution in [-0.4, -0.2) is 41.1 Å². The van der Waals surface area contributed by atoms with Crippen LogP contribution in [0.5, 0.6) is 0 Å². The molecule has 0 aromatic rings. The van der Waals surface area contributed by atoms with Gasteiger partial charge < -0.3 is 9.84 Å². The topological polar surface area (TPSA) is 83.9 Å². The molecule has 14 heavy (non-hydrogen) atoms. The molecule has 6 heteroatoms. The SMILES string of the molecule is COC(=O)C1CC(C)C(=O)N1C(=O)O. The fraction of sp³-hybridized carbons (Fsp3) is 0.625. The van der Waals surface area contributed by atoms with Crippen molar-refractivity contribution >= 4 is 18.0 Å². The summed E-state index contributed by atoms with van der Waals surface area (Å²) in [5.41, 5.74) is 0. The van der Waals surface area contributed by atoms with E-state index in [0.29, 0.717) is 4.90 Å². The molecule has 1 rings (SSSR count). The maximum absolute atomic E-state index is 11.3. The van der Waals surface area contributed by atoms with Gasteiger partial charge in [-0.3, -0.25) is 4.79 Å². The average molecular weight is 201 g/mol. The van der Waals surface area contributed by atoms with Crippen LogP contribution in [0.2, 0.25) is 0 Å². The largest absolute Gasteiger partial charge is 0.467 e. The first-order valence-corrected chi connectivity index (χ1v) is 4.12. The van der Waals surface area contributed by atoms with Crippen LogP contribution in [0.4, 0.5) is 4.79 Å². The Hall–Kier alpha value is -1.59. The first kappa shape index (κ1) is 10.5. The minimum atomic E-state index is -1.41. The molecule has 0 aromatic heterocycles. The Morgan fingerprint density at radius 3 is 2.57 bits per heavy atom. The molecule has 1 N–H and O–H groups in total. The van der Waals surface area contributed by atoms with Gasteiger partial charge in [0.25, 0.3) is 0 Å². The van der Waals surface area contributed by atoms with Crippen molar-refractivity contribution in [3.63, 3.8) is 0 Å². The number of rotatable bonds is 1. The third-order valence-corrected chi connectivity index (χ3v) is 2.23. The highest BCUT2D eigenvalue weighted by Gasteiger charge is 2.45. The van der Waals surface area contributed by atoms with E-state index in [9.17, 15) is 14.4 Å². The molecule has 6 nitrogen and oxygen atoms in total. The van der Waals surface area contributed by atoms with Crippen LogP contribution in [0, 0.1) is 5.92 Å². The summed E-state index contributed by atoms with van der Waals surface area (Å²) < 4.78 is 4.42. The lowest BCUT2D eigenvalue weighted by molar-refractivity contribution is -0.148. The molecule has 1 fully saturated rings. The number of nitrogens with zero attached hydrogens (tertiary/aromatic N) is 1. The molecule has 2 atom stereocenters. The summed E-state index contributed by atoms with van der Waals surface area (Å²) in [5.74, 6) is -1.69. The van der Waals surface area contributed by atoms with Crippen LogP contribution in [-0.2, 0) is 14.3 Å². The summed E-state index contributed by atoms with van der Waals surface area (Å²) >= 11 is 0. The normalized spacial score (nSPS) is 26.4. The molecule has 1 heterocycles. The van der Waals surface area contributed by atoms with Crippen LogP contribution in [0.15, 0.2) is 0 Å². The van der Waals surface area contributed by atoms with Crippen LogP contribution >= 0.6 is 0 Å². The van der Waals surface area contributed by atoms with Crippen molar-refractivity contribution < 1.29 is 24.2 Å². The maximum Gasteiger partial charge on any atom is 0.414 e. The van der Waals surface area contributed by atoms with E-state index in [2.05, 4.69) is 4.74 Å². The highest BCUT2D eigenvalue weighted by molar-refractivity contribution is 5.99. The molecular formula is C8H11NO5. The molecule has 2 unspecified atom stereocenters. The number of carboxylic acid groups (broad SMARTS) is 1. The van der Waals surface area contributed by atoms with Crippen molar-refractivity contribution in [3.05, 3.63) is 0 Å². The van der Waals surface area contributed by atoms with Gasteiger partial charge in [0.15, 0.2) is 0 Å². The molecule has 1 aliphatic heterocycles. The monoisotopic (exact) mass is 201 g/mol. The Balaban J connectivity index is 2.91. The predicted molar refractivity (Wildman–Crippen MR) is 44.5 cm³/mol. The Morgan fingerprint density at radius 2 is 2.14 bits per heavy atom. The molecular weight excluding hydrogens is 190 g/mol. The lowest BCUT2D eigenvalue weighted by atomic mass is 10.1. The standard InChI is InChI=1S/C8H11NO5/c1-4-3-5(7(11)14-2)9(6(4)10)8(12)13/h4-5H,3H2,1-2H3,(H,12,13). The molecule has 0 spiro atoms. The van der Waals surface area contributed by atoms with E-state index < -0.39 is 29.9 Å². The fourth-order valence-electron chi connectivity index (χ4n) is 1.50. The second kappa shape index (κ2) is 3.65. The van der Waals surface area contributed by atoms with Gasteiger partial charge in [-0.15, -0.1) is 0 Å². The summed E-state index contributed by atoms with van der Waals surface area (Å²) in [7, 11) is 1.16. The van der Waals surface area contributed by atoms with Crippen LogP contribution < -0.4 is 0 Å². The van der Waals surface area contributed by atoms with E-state index >= 15 is 0 Å². The Morgan fingerprint density at radius 1 is 1.57 bits per heavy atom. The summed E-state index contributed by atoms with van der Waals surface area (Å²) in [6.45, 7) is 1.58. The highest BCUT2D eigenvalue weighted by Crippen LogP contribution is 2.25. The zero-order valence-electron chi connectivity index (χ0n) is 7.89. The number of likely N-dealkylation sites (tertiary alicyclic amines) is 1. The fourth-order valence-corrected chi connectivity index (χ4v) is 1.50. The molecule has 0 bridgehead atoms. The van der Waals surface area contributed by atoms with E-state index in [1.165, 1.54) is 0 Å². The molecule has 0 aromatic carbocycles. The van der Waals surface area contributed by atoms with Crippen molar-refractivity contribution in [2.75, 3.05) is 7.11 Å². The number of hydrogen-bond acceptors (Lipinski definition) is 4. The van der Waals surface area contributed by atoms with Gasteiger partial charge >= 0.3 is 12.1 Å². The third kappa shape index (κ3) is 1.55. The number of hydrogen-bond donors (Lipinski definition) is 1. The van der Waals surface area contributed by atoms with Crippen LogP contribution in [0.25, 0.3) is 0 Å². The van der Waals surface area contributed by atoms with Crippen molar-refractivity contribution in [2.24, 2.45) is 5.92 Å². The van der Waals surface area contributed by atoms with Gasteiger partial charge in [-0.25, -0.2) is 14.5 Å². The zero-order valence-corrected chi connectivity index (χ0v) is 7.89. The molecule has 1 saturated heterocycles. The van der Waals surface area contributed by atoms with Gasteiger partial charge in [-0.1, -0.05) is 6.92 Å². The van der Waals surface area contributed by atoms with Crippen molar-refractivity contribution in [1.82, 2.24) is 4.90 Å². The third-order valence-electron chi connectivity index (χ3n) is 2.23. The van der Waals surface area contributed by atoms with Gasteiger partial charge in [-0.05, 0) is 6.42 Å². The number of amides is 2. The van der Waals surface area contributed by atoms with E-state index in [1.807, 2.05) is 0 Å².